The maximum atomic E-state index is 5.91. The first-order valence-electron chi connectivity index (χ1n) is 5.84. The van der Waals surface area contributed by atoms with E-state index in [-0.39, 0.29) is 6.04 Å². The first-order chi connectivity index (χ1) is 8.69. The largest absolute Gasteiger partial charge is 0.456 e. The molecule has 1 heterocycles. The summed E-state index contributed by atoms with van der Waals surface area (Å²) in [6.45, 7) is 2.04. The van der Waals surface area contributed by atoms with Crippen LogP contribution in [0.25, 0.3) is 0 Å². The van der Waals surface area contributed by atoms with Crippen LogP contribution in [0, 0.1) is 3.57 Å². The molecule has 0 aliphatic rings. The average Bonchev–Trinajstić information content (AvgIpc) is 2.41. The number of pyridine rings is 1. The van der Waals surface area contributed by atoms with Gasteiger partial charge in [-0.1, -0.05) is 6.92 Å². The number of nitrogens with zero attached hydrogens (tertiary/aromatic N) is 1. The molecule has 2 N–H and O–H groups in total. The highest BCUT2D eigenvalue weighted by atomic mass is 127. The standard InChI is InChI=1S/C14H15IN2O/c1-2-13(16)14-8-7-12(9-17-14)18-11-5-3-10(15)4-6-11/h3-9,13H,2,16H2,1H3/t13-/m1/s1. The lowest BCUT2D eigenvalue weighted by Gasteiger charge is -2.09. The lowest BCUT2D eigenvalue weighted by molar-refractivity contribution is 0.479. The zero-order chi connectivity index (χ0) is 13.0. The average molecular weight is 354 g/mol. The molecule has 94 valence electrons. The topological polar surface area (TPSA) is 48.1 Å². The monoisotopic (exact) mass is 354 g/mol. The molecule has 0 amide bonds. The maximum Gasteiger partial charge on any atom is 0.145 e. The van der Waals surface area contributed by atoms with E-state index in [0.29, 0.717) is 0 Å². The van der Waals surface area contributed by atoms with E-state index in [0.717, 1.165) is 23.6 Å². The predicted molar refractivity (Wildman–Crippen MR) is 80.7 cm³/mol. The molecule has 2 aromatic rings. The lowest BCUT2D eigenvalue weighted by atomic mass is 10.1. The Morgan fingerprint density at radius 2 is 1.83 bits per heavy atom. The van der Waals surface area contributed by atoms with Crippen molar-refractivity contribution in [2.45, 2.75) is 19.4 Å². The van der Waals surface area contributed by atoms with E-state index >= 15 is 0 Å². The van der Waals surface area contributed by atoms with Crippen LogP contribution in [0.15, 0.2) is 42.6 Å². The summed E-state index contributed by atoms with van der Waals surface area (Å²) in [7, 11) is 0. The molecule has 1 atom stereocenters. The van der Waals surface area contributed by atoms with Crippen molar-refractivity contribution in [3.63, 3.8) is 0 Å². The molecule has 0 bridgehead atoms. The Balaban J connectivity index is 2.08. The first-order valence-corrected chi connectivity index (χ1v) is 6.92. The Morgan fingerprint density at radius 1 is 1.17 bits per heavy atom. The Kier molecular flexibility index (Phi) is 4.54. The highest BCUT2D eigenvalue weighted by Gasteiger charge is 2.05. The van der Waals surface area contributed by atoms with Crippen molar-refractivity contribution < 1.29 is 4.74 Å². The number of rotatable bonds is 4. The maximum absolute atomic E-state index is 5.91. The van der Waals surface area contributed by atoms with E-state index in [9.17, 15) is 0 Å². The van der Waals surface area contributed by atoms with Crippen molar-refractivity contribution in [2.24, 2.45) is 5.73 Å². The van der Waals surface area contributed by atoms with E-state index in [1.807, 2.05) is 43.3 Å². The van der Waals surface area contributed by atoms with Gasteiger partial charge in [-0.2, -0.15) is 0 Å². The van der Waals surface area contributed by atoms with Crippen molar-refractivity contribution in [1.29, 1.82) is 0 Å². The molecule has 1 aromatic carbocycles. The number of benzene rings is 1. The Morgan fingerprint density at radius 3 is 2.39 bits per heavy atom. The smallest absolute Gasteiger partial charge is 0.145 e. The normalized spacial score (nSPS) is 12.2. The Bertz CT molecular complexity index is 496. The zero-order valence-electron chi connectivity index (χ0n) is 10.1. The van der Waals surface area contributed by atoms with Crippen molar-refractivity contribution in [2.75, 3.05) is 0 Å². The van der Waals surface area contributed by atoms with Crippen LogP contribution < -0.4 is 10.5 Å². The minimum atomic E-state index is -0.00245. The molecular formula is C14H15IN2O. The fourth-order valence-corrected chi connectivity index (χ4v) is 1.88. The first kappa shape index (κ1) is 13.3. The molecule has 0 aliphatic heterocycles. The summed E-state index contributed by atoms with van der Waals surface area (Å²) in [5.74, 6) is 1.54. The predicted octanol–water partition coefficient (Wildman–Crippen LogP) is 3.89. The molecule has 0 saturated heterocycles. The summed E-state index contributed by atoms with van der Waals surface area (Å²) in [5.41, 5.74) is 6.81. The van der Waals surface area contributed by atoms with E-state index in [1.54, 1.807) is 6.20 Å². The van der Waals surface area contributed by atoms with E-state index in [1.165, 1.54) is 3.57 Å². The molecule has 0 fully saturated rings. The van der Waals surface area contributed by atoms with Crippen LogP contribution in [-0.4, -0.2) is 4.98 Å². The summed E-state index contributed by atoms with van der Waals surface area (Å²) in [4.78, 5) is 4.31. The van der Waals surface area contributed by atoms with Gasteiger partial charge in [-0.05, 0) is 65.4 Å². The van der Waals surface area contributed by atoms with Crippen LogP contribution in [0.5, 0.6) is 11.5 Å². The van der Waals surface area contributed by atoms with Crippen LogP contribution in [0.4, 0.5) is 0 Å². The van der Waals surface area contributed by atoms with E-state index in [2.05, 4.69) is 27.6 Å². The number of hydrogen-bond acceptors (Lipinski definition) is 3. The van der Waals surface area contributed by atoms with Crippen molar-refractivity contribution in [3.8, 4) is 11.5 Å². The van der Waals surface area contributed by atoms with Gasteiger partial charge in [0, 0.05) is 9.61 Å². The van der Waals surface area contributed by atoms with Crippen LogP contribution in [0.1, 0.15) is 25.1 Å². The number of nitrogens with two attached hydrogens (primary N) is 1. The molecular weight excluding hydrogens is 339 g/mol. The molecule has 4 heteroatoms. The molecule has 3 nitrogen and oxygen atoms in total. The second kappa shape index (κ2) is 6.15. The van der Waals surface area contributed by atoms with Gasteiger partial charge in [0.05, 0.1) is 11.9 Å². The van der Waals surface area contributed by atoms with Gasteiger partial charge in [-0.25, -0.2) is 0 Å². The Labute approximate surface area is 121 Å². The SMILES string of the molecule is CC[C@@H](N)c1ccc(Oc2ccc(I)cc2)cn1. The summed E-state index contributed by atoms with van der Waals surface area (Å²) >= 11 is 2.26. The van der Waals surface area contributed by atoms with Crippen LogP contribution >= 0.6 is 22.6 Å². The minimum absolute atomic E-state index is 0.00245. The molecule has 0 spiro atoms. The van der Waals surface area contributed by atoms with Gasteiger partial charge in [-0.3, -0.25) is 4.98 Å². The van der Waals surface area contributed by atoms with Crippen LogP contribution in [0.3, 0.4) is 0 Å². The van der Waals surface area contributed by atoms with E-state index < -0.39 is 0 Å². The summed E-state index contributed by atoms with van der Waals surface area (Å²) in [5, 5.41) is 0. The summed E-state index contributed by atoms with van der Waals surface area (Å²) in [6.07, 6.45) is 2.59. The second-order valence-corrected chi connectivity index (χ2v) is 5.24. The van der Waals surface area contributed by atoms with Gasteiger partial charge in [-0.15, -0.1) is 0 Å². The van der Waals surface area contributed by atoms with Gasteiger partial charge in [0.25, 0.3) is 0 Å². The van der Waals surface area contributed by atoms with Crippen LogP contribution in [0.2, 0.25) is 0 Å². The lowest BCUT2D eigenvalue weighted by Crippen LogP contribution is -2.10. The molecule has 0 aliphatic carbocycles. The molecule has 18 heavy (non-hydrogen) atoms. The number of halogens is 1. The third-order valence-electron chi connectivity index (χ3n) is 2.63. The number of ether oxygens (including phenoxy) is 1. The van der Waals surface area contributed by atoms with Gasteiger partial charge >= 0.3 is 0 Å². The quantitative estimate of drug-likeness (QED) is 0.848. The van der Waals surface area contributed by atoms with Gasteiger partial charge in [0.15, 0.2) is 0 Å². The molecule has 2 rings (SSSR count). The van der Waals surface area contributed by atoms with Gasteiger partial charge in [0.1, 0.15) is 11.5 Å². The Hall–Kier alpha value is -1.14. The summed E-state index contributed by atoms with van der Waals surface area (Å²) < 4.78 is 6.88. The fourth-order valence-electron chi connectivity index (χ4n) is 1.52. The molecule has 0 radical (unpaired) electrons. The van der Waals surface area contributed by atoms with Gasteiger partial charge < -0.3 is 10.5 Å². The third-order valence-corrected chi connectivity index (χ3v) is 3.35. The molecule has 1 aromatic heterocycles. The number of aromatic nitrogens is 1. The molecule has 0 unspecified atom stereocenters. The molecule has 0 saturated carbocycles. The zero-order valence-corrected chi connectivity index (χ0v) is 12.3. The van der Waals surface area contributed by atoms with Crippen LogP contribution in [-0.2, 0) is 0 Å². The fraction of sp³-hybridized carbons (Fsp3) is 0.214. The van der Waals surface area contributed by atoms with Crippen molar-refractivity contribution >= 4 is 22.6 Å². The third kappa shape index (κ3) is 3.43. The number of hydrogen-bond donors (Lipinski definition) is 1. The highest BCUT2D eigenvalue weighted by Crippen LogP contribution is 2.22. The minimum Gasteiger partial charge on any atom is -0.456 e. The highest BCUT2D eigenvalue weighted by molar-refractivity contribution is 14.1. The second-order valence-electron chi connectivity index (χ2n) is 3.99. The van der Waals surface area contributed by atoms with E-state index in [4.69, 9.17) is 10.5 Å². The van der Waals surface area contributed by atoms with Crippen molar-refractivity contribution in [1.82, 2.24) is 4.98 Å². The van der Waals surface area contributed by atoms with Gasteiger partial charge in [0.2, 0.25) is 0 Å². The summed E-state index contributed by atoms with van der Waals surface area (Å²) in [6, 6.07) is 11.7. The van der Waals surface area contributed by atoms with Crippen molar-refractivity contribution in [3.05, 3.63) is 51.9 Å².